The van der Waals surface area contributed by atoms with Crippen LogP contribution in [0.15, 0.2) is 23.0 Å². The number of hydrogen-bond acceptors (Lipinski definition) is 0. The Hall–Kier alpha value is -0.170. The minimum absolute atomic E-state index is 0.174. The molecule has 0 bridgehead atoms. The highest BCUT2D eigenvalue weighted by molar-refractivity contribution is 8.21. The second kappa shape index (κ2) is 1.52. The second-order valence-corrected chi connectivity index (χ2v) is 3.28. The van der Waals surface area contributed by atoms with E-state index in [0.29, 0.717) is 0 Å². The third kappa shape index (κ3) is 0.658. The Kier molecular flexibility index (Phi) is 1.01. The Labute approximate surface area is 40.9 Å². The predicted molar refractivity (Wildman–Crippen MR) is 33.2 cm³/mol. The van der Waals surface area contributed by atoms with Gasteiger partial charge in [-0.15, -0.1) is 0 Å². The van der Waals surface area contributed by atoms with Gasteiger partial charge in [-0.3, -0.25) is 0 Å². The summed E-state index contributed by atoms with van der Waals surface area (Å²) in [4.78, 5) is 0. The van der Waals surface area contributed by atoms with Crippen LogP contribution >= 0.6 is 10.9 Å². The molecule has 1 aliphatic heterocycles. The van der Waals surface area contributed by atoms with Gasteiger partial charge in [0.15, 0.2) is 0 Å². The molecule has 1 heteroatoms. The fourth-order valence-electron chi connectivity index (χ4n) is 0.421. The number of rotatable bonds is 0. The van der Waals surface area contributed by atoms with Gasteiger partial charge in [-0.25, -0.2) is 10.9 Å². The monoisotopic (exact) mass is 100 g/mol. The Bertz CT molecular complexity index is 80.1. The molecule has 1 rings (SSSR count). The van der Waals surface area contributed by atoms with E-state index < -0.39 is 0 Å². The van der Waals surface area contributed by atoms with E-state index in [4.69, 9.17) is 0 Å². The van der Waals surface area contributed by atoms with Gasteiger partial charge >= 0.3 is 0 Å². The molecule has 0 aromatic heterocycles. The van der Waals surface area contributed by atoms with Gasteiger partial charge in [0.1, 0.15) is 0 Å². The van der Waals surface area contributed by atoms with Crippen LogP contribution in [-0.2, 0) is 0 Å². The SMILES string of the molecule is C[SH]1C=CC=C1. The maximum Gasteiger partial charge on any atom is -0.0302 e. The molecule has 0 fully saturated rings. The lowest BCUT2D eigenvalue weighted by Gasteiger charge is -1.92. The van der Waals surface area contributed by atoms with Crippen LogP contribution in [0.25, 0.3) is 0 Å². The first kappa shape index (κ1) is 4.00. The van der Waals surface area contributed by atoms with Crippen molar-refractivity contribution in [1.82, 2.24) is 0 Å². The molecular weight excluding hydrogens is 92.1 g/mol. The summed E-state index contributed by atoms with van der Waals surface area (Å²) in [7, 11) is 0.174. The quantitative estimate of drug-likeness (QED) is 0.440. The molecule has 0 radical (unpaired) electrons. The van der Waals surface area contributed by atoms with Crippen molar-refractivity contribution in [3.63, 3.8) is 0 Å². The smallest absolute Gasteiger partial charge is 0.0302 e. The minimum atomic E-state index is 0.174. The largest absolute Gasteiger partial charge is 0.216 e. The van der Waals surface area contributed by atoms with E-state index >= 15 is 0 Å². The van der Waals surface area contributed by atoms with Crippen LogP contribution in [0, 0.1) is 0 Å². The fraction of sp³-hybridized carbons (Fsp3) is 0.200. The molecule has 0 unspecified atom stereocenters. The van der Waals surface area contributed by atoms with Gasteiger partial charge < -0.3 is 0 Å². The molecule has 0 atom stereocenters. The van der Waals surface area contributed by atoms with Crippen LogP contribution in [0.2, 0.25) is 0 Å². The highest BCUT2D eigenvalue weighted by atomic mass is 32.2. The molecule has 0 saturated heterocycles. The molecule has 0 saturated carbocycles. The Morgan fingerprint density at radius 2 is 1.67 bits per heavy atom. The van der Waals surface area contributed by atoms with Crippen molar-refractivity contribution in [3.8, 4) is 0 Å². The molecule has 0 nitrogen and oxygen atoms in total. The lowest BCUT2D eigenvalue weighted by molar-refractivity contribution is 2.15. The topological polar surface area (TPSA) is 0 Å². The van der Waals surface area contributed by atoms with E-state index in [0.717, 1.165) is 0 Å². The van der Waals surface area contributed by atoms with E-state index in [9.17, 15) is 0 Å². The third-order valence-corrected chi connectivity index (χ3v) is 2.04. The van der Waals surface area contributed by atoms with Crippen LogP contribution in [0.1, 0.15) is 0 Å². The average Bonchev–Trinajstić information content (AvgIpc) is 1.86. The van der Waals surface area contributed by atoms with Crippen molar-refractivity contribution < 1.29 is 0 Å². The Morgan fingerprint density at radius 3 is 1.83 bits per heavy atom. The first-order chi connectivity index (χ1) is 2.89. The van der Waals surface area contributed by atoms with E-state index in [-0.39, 0.29) is 10.9 Å². The van der Waals surface area contributed by atoms with Gasteiger partial charge in [-0.05, 0) is 17.1 Å². The van der Waals surface area contributed by atoms with Gasteiger partial charge in [0.05, 0.1) is 0 Å². The summed E-state index contributed by atoms with van der Waals surface area (Å²) in [6, 6.07) is 0. The van der Waals surface area contributed by atoms with Crippen molar-refractivity contribution in [1.29, 1.82) is 0 Å². The van der Waals surface area contributed by atoms with E-state index in [1.165, 1.54) is 0 Å². The van der Waals surface area contributed by atoms with Crippen LogP contribution in [0.5, 0.6) is 0 Å². The molecule has 0 amide bonds. The van der Waals surface area contributed by atoms with Crippen molar-refractivity contribution in [2.45, 2.75) is 0 Å². The zero-order valence-electron chi connectivity index (χ0n) is 3.76. The summed E-state index contributed by atoms with van der Waals surface area (Å²) >= 11 is 0. The normalized spacial score (nSPS) is 23.2. The van der Waals surface area contributed by atoms with Crippen LogP contribution in [0.4, 0.5) is 0 Å². The van der Waals surface area contributed by atoms with Crippen molar-refractivity contribution >= 4 is 10.9 Å². The summed E-state index contributed by atoms with van der Waals surface area (Å²) in [6.07, 6.45) is 6.44. The lowest BCUT2D eigenvalue weighted by Crippen LogP contribution is -1.49. The molecule has 0 spiro atoms. The number of hydrogen-bond donors (Lipinski definition) is 1. The Balaban J connectivity index is 2.60. The summed E-state index contributed by atoms with van der Waals surface area (Å²) in [5, 5.41) is 4.46. The minimum Gasteiger partial charge on any atom is -0.216 e. The van der Waals surface area contributed by atoms with Crippen LogP contribution in [-0.4, -0.2) is 6.26 Å². The zero-order chi connectivity index (χ0) is 4.41. The first-order valence-corrected chi connectivity index (χ1v) is 3.89. The van der Waals surface area contributed by atoms with Gasteiger partial charge in [-0.1, -0.05) is 12.2 Å². The average molecular weight is 100 g/mol. The maximum atomic E-state index is 2.23. The molecule has 34 valence electrons. The summed E-state index contributed by atoms with van der Waals surface area (Å²) in [5.74, 6) is 0. The summed E-state index contributed by atoms with van der Waals surface area (Å²) < 4.78 is 0. The van der Waals surface area contributed by atoms with Crippen LogP contribution in [0.3, 0.4) is 0 Å². The fourth-order valence-corrected chi connectivity index (χ4v) is 1.26. The van der Waals surface area contributed by atoms with Gasteiger partial charge in [0, 0.05) is 0 Å². The molecule has 0 aliphatic carbocycles. The molecule has 1 aliphatic rings. The van der Waals surface area contributed by atoms with Crippen molar-refractivity contribution in [3.05, 3.63) is 23.0 Å². The summed E-state index contributed by atoms with van der Waals surface area (Å²) in [6.45, 7) is 0. The molecule has 6 heavy (non-hydrogen) atoms. The lowest BCUT2D eigenvalue weighted by atomic mass is 10.6. The molecule has 0 aromatic rings. The van der Waals surface area contributed by atoms with Crippen molar-refractivity contribution in [2.75, 3.05) is 6.26 Å². The predicted octanol–water partition coefficient (Wildman–Crippen LogP) is 1.66. The standard InChI is InChI=1S/C5H8S/c1-6-4-2-3-5-6/h2-6H,1H3. The Morgan fingerprint density at radius 1 is 1.17 bits per heavy atom. The van der Waals surface area contributed by atoms with Gasteiger partial charge in [0.2, 0.25) is 0 Å². The molecular formula is C5H8S. The molecule has 1 heterocycles. The maximum absolute atomic E-state index is 2.23. The second-order valence-electron chi connectivity index (χ2n) is 1.35. The van der Waals surface area contributed by atoms with Crippen molar-refractivity contribution in [2.24, 2.45) is 0 Å². The first-order valence-electron chi connectivity index (χ1n) is 1.96. The van der Waals surface area contributed by atoms with Gasteiger partial charge in [0.25, 0.3) is 0 Å². The van der Waals surface area contributed by atoms with E-state index in [1.54, 1.807) is 0 Å². The molecule has 0 N–H and O–H groups in total. The van der Waals surface area contributed by atoms with E-state index in [1.807, 2.05) is 0 Å². The zero-order valence-corrected chi connectivity index (χ0v) is 4.65. The van der Waals surface area contributed by atoms with Crippen LogP contribution < -0.4 is 0 Å². The summed E-state index contributed by atoms with van der Waals surface area (Å²) in [5.41, 5.74) is 0. The number of allylic oxidation sites excluding steroid dienone is 2. The molecule has 0 aromatic carbocycles. The third-order valence-electron chi connectivity index (χ3n) is 0.754. The van der Waals surface area contributed by atoms with E-state index in [2.05, 4.69) is 29.2 Å². The number of thiol groups is 1. The van der Waals surface area contributed by atoms with Gasteiger partial charge in [-0.2, -0.15) is 0 Å². The highest BCUT2D eigenvalue weighted by Gasteiger charge is 1.84. The highest BCUT2D eigenvalue weighted by Crippen LogP contribution is 2.26.